The van der Waals surface area contributed by atoms with Crippen molar-refractivity contribution >= 4 is 40.6 Å². The Morgan fingerprint density at radius 3 is 2.68 bits per heavy atom. The molecule has 0 fully saturated rings. The topological polar surface area (TPSA) is 46.2 Å². The number of carbonyl (C=O) groups is 2. The number of hydrogen-bond acceptors (Lipinski definition) is 2. The molecule has 2 unspecified atom stereocenters. The van der Waals surface area contributed by atoms with Crippen LogP contribution in [0.5, 0.6) is 0 Å². The lowest BCUT2D eigenvalue weighted by molar-refractivity contribution is -0.117. The number of anilines is 1. The minimum Gasteiger partial charge on any atom is -0.325 e. The Morgan fingerprint density at radius 2 is 2.16 bits per heavy atom. The second-order valence-electron chi connectivity index (χ2n) is 4.76. The molecule has 5 heteroatoms. The standard InChI is InChI=1S/C14H15Cl2NO2/c1-4-8-9-5-10(13(18)7(3)15)11(16)6(2)12(9)17-14(8)19/h5,7-8H,4H2,1-3H3,(H,17,19). The van der Waals surface area contributed by atoms with Gasteiger partial charge in [0, 0.05) is 11.3 Å². The summed E-state index contributed by atoms with van der Waals surface area (Å²) in [6, 6.07) is 1.71. The van der Waals surface area contributed by atoms with E-state index >= 15 is 0 Å². The third-order valence-corrected chi connectivity index (χ3v) is 4.19. The second-order valence-corrected chi connectivity index (χ2v) is 5.79. The maximum absolute atomic E-state index is 12.1. The largest absolute Gasteiger partial charge is 0.325 e. The lowest BCUT2D eigenvalue weighted by Gasteiger charge is -2.13. The highest BCUT2D eigenvalue weighted by Crippen LogP contribution is 2.41. The Labute approximate surface area is 122 Å². The summed E-state index contributed by atoms with van der Waals surface area (Å²) in [5, 5.41) is 2.57. The van der Waals surface area contributed by atoms with E-state index in [0.29, 0.717) is 17.0 Å². The molecule has 1 aliphatic heterocycles. The zero-order valence-corrected chi connectivity index (χ0v) is 12.5. The average molecular weight is 300 g/mol. The van der Waals surface area contributed by atoms with Crippen LogP contribution in [0, 0.1) is 6.92 Å². The zero-order chi connectivity index (χ0) is 14.3. The Kier molecular flexibility index (Phi) is 3.88. The molecule has 3 nitrogen and oxygen atoms in total. The van der Waals surface area contributed by atoms with Gasteiger partial charge in [-0.25, -0.2) is 0 Å². The molecule has 1 aliphatic rings. The van der Waals surface area contributed by atoms with Crippen LogP contribution in [0.2, 0.25) is 5.02 Å². The molecule has 102 valence electrons. The summed E-state index contributed by atoms with van der Waals surface area (Å²) in [6.45, 7) is 5.35. The number of halogens is 2. The van der Waals surface area contributed by atoms with E-state index in [4.69, 9.17) is 23.2 Å². The lowest BCUT2D eigenvalue weighted by Crippen LogP contribution is -2.12. The van der Waals surface area contributed by atoms with Crippen LogP contribution >= 0.6 is 23.2 Å². The fourth-order valence-electron chi connectivity index (χ4n) is 2.41. The Morgan fingerprint density at radius 1 is 1.53 bits per heavy atom. The molecule has 1 aromatic rings. The maximum Gasteiger partial charge on any atom is 0.232 e. The van der Waals surface area contributed by atoms with Gasteiger partial charge in [-0.2, -0.15) is 0 Å². The molecule has 0 saturated heterocycles. The normalized spacial score (nSPS) is 19.0. The third-order valence-electron chi connectivity index (χ3n) is 3.50. The molecule has 1 amide bonds. The highest BCUT2D eigenvalue weighted by atomic mass is 35.5. The molecule has 0 radical (unpaired) electrons. The second kappa shape index (κ2) is 5.14. The number of amides is 1. The van der Waals surface area contributed by atoms with Gasteiger partial charge >= 0.3 is 0 Å². The first-order valence-electron chi connectivity index (χ1n) is 6.20. The number of ketones is 1. The van der Waals surface area contributed by atoms with Crippen molar-refractivity contribution in [1.82, 2.24) is 0 Å². The van der Waals surface area contributed by atoms with Crippen molar-refractivity contribution in [3.05, 3.63) is 27.8 Å². The molecular formula is C14H15Cl2NO2. The predicted octanol–water partition coefficient (Wildman–Crippen LogP) is 3.90. The fraction of sp³-hybridized carbons (Fsp3) is 0.429. The molecule has 2 atom stereocenters. The van der Waals surface area contributed by atoms with Crippen LogP contribution in [0.4, 0.5) is 5.69 Å². The van der Waals surface area contributed by atoms with E-state index in [0.717, 1.165) is 16.8 Å². The summed E-state index contributed by atoms with van der Waals surface area (Å²) in [5.41, 5.74) is 2.70. The number of fused-ring (bicyclic) bond motifs is 1. The van der Waals surface area contributed by atoms with Crippen molar-refractivity contribution in [2.45, 2.75) is 38.5 Å². The van der Waals surface area contributed by atoms with Gasteiger partial charge in [-0.15, -0.1) is 11.6 Å². The Bertz CT molecular complexity index is 567. The van der Waals surface area contributed by atoms with Crippen LogP contribution in [0.3, 0.4) is 0 Å². The molecule has 0 spiro atoms. The smallest absolute Gasteiger partial charge is 0.232 e. The van der Waals surface area contributed by atoms with Crippen molar-refractivity contribution < 1.29 is 9.59 Å². The highest BCUT2D eigenvalue weighted by Gasteiger charge is 2.33. The molecule has 19 heavy (non-hydrogen) atoms. The van der Waals surface area contributed by atoms with Crippen LogP contribution in [0.1, 0.15) is 47.7 Å². The first kappa shape index (κ1) is 14.4. The number of benzene rings is 1. The number of alkyl halides is 1. The first-order chi connectivity index (χ1) is 8.88. The minimum absolute atomic E-state index is 0.0415. The maximum atomic E-state index is 12.1. The lowest BCUT2D eigenvalue weighted by atomic mass is 9.93. The van der Waals surface area contributed by atoms with E-state index in [2.05, 4.69) is 5.32 Å². The summed E-state index contributed by atoms with van der Waals surface area (Å²) < 4.78 is 0. The monoisotopic (exact) mass is 299 g/mol. The molecule has 1 heterocycles. The summed E-state index contributed by atoms with van der Waals surface area (Å²) in [5.74, 6) is -0.477. The van der Waals surface area contributed by atoms with Crippen molar-refractivity contribution in [2.24, 2.45) is 0 Å². The summed E-state index contributed by atoms with van der Waals surface area (Å²) in [4.78, 5) is 23.9. The molecule has 0 saturated carbocycles. The number of nitrogens with one attached hydrogen (secondary N) is 1. The van der Waals surface area contributed by atoms with Gasteiger partial charge in [0.25, 0.3) is 0 Å². The van der Waals surface area contributed by atoms with Gasteiger partial charge in [0.05, 0.1) is 16.3 Å². The van der Waals surface area contributed by atoms with Crippen LogP contribution in [0.15, 0.2) is 6.07 Å². The van der Waals surface area contributed by atoms with E-state index in [1.807, 2.05) is 6.92 Å². The molecule has 1 aromatic carbocycles. The van der Waals surface area contributed by atoms with Crippen LogP contribution in [0.25, 0.3) is 0 Å². The van der Waals surface area contributed by atoms with Gasteiger partial charge < -0.3 is 5.32 Å². The van der Waals surface area contributed by atoms with Gasteiger partial charge in [-0.1, -0.05) is 18.5 Å². The van der Waals surface area contributed by atoms with Crippen molar-refractivity contribution in [3.8, 4) is 0 Å². The van der Waals surface area contributed by atoms with Crippen LogP contribution in [-0.4, -0.2) is 17.1 Å². The molecule has 2 rings (SSSR count). The van der Waals surface area contributed by atoms with Crippen molar-refractivity contribution in [2.75, 3.05) is 5.32 Å². The van der Waals surface area contributed by atoms with Crippen molar-refractivity contribution in [1.29, 1.82) is 0 Å². The first-order valence-corrected chi connectivity index (χ1v) is 7.02. The average Bonchev–Trinajstić information content (AvgIpc) is 2.68. The number of Topliss-reactive ketones (excluding diaryl/α,β-unsaturated/α-hetero) is 1. The van der Waals surface area contributed by atoms with Gasteiger partial charge in [-0.3, -0.25) is 9.59 Å². The summed E-state index contributed by atoms with van der Waals surface area (Å²) in [7, 11) is 0. The Hall–Kier alpha value is -1.06. The predicted molar refractivity (Wildman–Crippen MR) is 77.5 cm³/mol. The van der Waals surface area contributed by atoms with Gasteiger partial charge in [0.15, 0.2) is 5.78 Å². The van der Waals surface area contributed by atoms with Crippen LogP contribution < -0.4 is 5.32 Å². The van der Waals surface area contributed by atoms with Gasteiger partial charge in [0.1, 0.15) is 0 Å². The number of rotatable bonds is 3. The van der Waals surface area contributed by atoms with E-state index in [1.54, 1.807) is 19.9 Å². The molecule has 0 aliphatic carbocycles. The molecule has 0 bridgehead atoms. The number of carbonyl (C=O) groups excluding carboxylic acids is 2. The fourth-order valence-corrected chi connectivity index (χ4v) is 2.77. The summed E-state index contributed by atoms with van der Waals surface area (Å²) >= 11 is 12.1. The molecule has 1 N–H and O–H groups in total. The molecule has 0 aromatic heterocycles. The number of hydrogen-bond donors (Lipinski definition) is 1. The highest BCUT2D eigenvalue weighted by molar-refractivity contribution is 6.39. The van der Waals surface area contributed by atoms with Crippen LogP contribution in [-0.2, 0) is 4.79 Å². The third kappa shape index (κ3) is 2.26. The van der Waals surface area contributed by atoms with E-state index in [1.165, 1.54) is 0 Å². The Balaban J connectivity index is 2.63. The molecular weight excluding hydrogens is 285 g/mol. The summed E-state index contributed by atoms with van der Waals surface area (Å²) in [6.07, 6.45) is 0.684. The van der Waals surface area contributed by atoms with Crippen molar-refractivity contribution in [3.63, 3.8) is 0 Å². The quantitative estimate of drug-likeness (QED) is 0.679. The minimum atomic E-state index is -0.639. The SMILES string of the molecule is CCC1C(=O)Nc2c1cc(C(=O)C(C)Cl)c(Cl)c2C. The van der Waals surface area contributed by atoms with Gasteiger partial charge in [-0.05, 0) is 37.5 Å². The zero-order valence-electron chi connectivity index (χ0n) is 11.0. The van der Waals surface area contributed by atoms with Gasteiger partial charge in [0.2, 0.25) is 5.91 Å². The van der Waals surface area contributed by atoms with E-state index < -0.39 is 5.38 Å². The van der Waals surface area contributed by atoms with E-state index in [9.17, 15) is 9.59 Å². The van der Waals surface area contributed by atoms with E-state index in [-0.39, 0.29) is 17.6 Å².